The zero-order valence-electron chi connectivity index (χ0n) is 17.7. The third-order valence-electron chi connectivity index (χ3n) is 6.90. The fourth-order valence-corrected chi connectivity index (χ4v) is 5.17. The van der Waals surface area contributed by atoms with Gasteiger partial charge in [-0.15, -0.1) is 0 Å². The molecule has 5 heteroatoms. The van der Waals surface area contributed by atoms with E-state index >= 15 is 0 Å². The van der Waals surface area contributed by atoms with Gasteiger partial charge in [-0.2, -0.15) is 0 Å². The summed E-state index contributed by atoms with van der Waals surface area (Å²) in [5.74, 6) is 1.29. The Bertz CT molecular complexity index is 747. The number of ether oxygens (including phenoxy) is 1. The maximum atomic E-state index is 5.90. The molecule has 29 heavy (non-hydrogen) atoms. The average molecular weight is 397 g/mol. The molecule has 1 aromatic heterocycles. The number of benzene rings is 1. The molecule has 0 bridgehead atoms. The molecule has 2 saturated carbocycles. The summed E-state index contributed by atoms with van der Waals surface area (Å²) in [6.07, 6.45) is 15.4. The van der Waals surface area contributed by atoms with E-state index in [9.17, 15) is 0 Å². The second-order valence-electron chi connectivity index (χ2n) is 8.81. The van der Waals surface area contributed by atoms with Crippen molar-refractivity contribution in [2.45, 2.75) is 76.2 Å². The third-order valence-corrected chi connectivity index (χ3v) is 6.90. The number of nitrogens with two attached hydrogens (primary N) is 1. The highest BCUT2D eigenvalue weighted by Crippen LogP contribution is 2.34. The van der Waals surface area contributed by atoms with Crippen molar-refractivity contribution < 1.29 is 4.74 Å². The van der Waals surface area contributed by atoms with Crippen molar-refractivity contribution >= 4 is 16.7 Å². The maximum Gasteiger partial charge on any atom is 0.134 e. The van der Waals surface area contributed by atoms with E-state index in [-0.39, 0.29) is 0 Å². The Balaban J connectivity index is 0.000000150. The summed E-state index contributed by atoms with van der Waals surface area (Å²) in [4.78, 5) is 10.9. The lowest BCUT2D eigenvalue weighted by Gasteiger charge is -2.36. The molecule has 3 fully saturated rings. The smallest absolute Gasteiger partial charge is 0.134 e. The van der Waals surface area contributed by atoms with Gasteiger partial charge in [-0.05, 0) is 49.3 Å². The molecule has 158 valence electrons. The molecule has 3 aliphatic rings. The summed E-state index contributed by atoms with van der Waals surface area (Å²) >= 11 is 0. The predicted molar refractivity (Wildman–Crippen MR) is 119 cm³/mol. The Morgan fingerprint density at radius 3 is 2.28 bits per heavy atom. The number of nitrogen functional groups attached to an aromatic ring is 1. The van der Waals surface area contributed by atoms with Crippen LogP contribution in [0.4, 0.5) is 5.82 Å². The quantitative estimate of drug-likeness (QED) is 0.781. The van der Waals surface area contributed by atoms with Crippen molar-refractivity contribution in [1.82, 2.24) is 14.9 Å². The molecular formula is C24H36N4O. The van der Waals surface area contributed by atoms with Crippen LogP contribution < -0.4 is 5.73 Å². The van der Waals surface area contributed by atoms with Crippen LogP contribution in [0.25, 0.3) is 10.9 Å². The zero-order chi connectivity index (χ0) is 19.9. The lowest BCUT2D eigenvalue weighted by Crippen LogP contribution is -2.44. The van der Waals surface area contributed by atoms with Crippen LogP contribution in [0.3, 0.4) is 0 Å². The van der Waals surface area contributed by atoms with Gasteiger partial charge in [0.15, 0.2) is 0 Å². The number of rotatable bonds is 2. The van der Waals surface area contributed by atoms with E-state index in [4.69, 9.17) is 10.5 Å². The molecule has 5 rings (SSSR count). The van der Waals surface area contributed by atoms with Crippen LogP contribution in [0, 0.1) is 0 Å². The lowest BCUT2D eigenvalue weighted by molar-refractivity contribution is 0.00858. The van der Waals surface area contributed by atoms with E-state index in [1.807, 2.05) is 0 Å². The summed E-state index contributed by atoms with van der Waals surface area (Å²) in [5, 5.41) is 0.996. The first kappa shape index (κ1) is 20.5. The van der Waals surface area contributed by atoms with Crippen molar-refractivity contribution in [2.75, 3.05) is 32.0 Å². The van der Waals surface area contributed by atoms with Crippen molar-refractivity contribution in [1.29, 1.82) is 0 Å². The molecule has 2 N–H and O–H groups in total. The van der Waals surface area contributed by atoms with Crippen molar-refractivity contribution in [3.05, 3.63) is 30.1 Å². The lowest BCUT2D eigenvalue weighted by atomic mass is 9.84. The molecule has 0 radical (unpaired) electrons. The molecule has 2 aromatic rings. The second-order valence-corrected chi connectivity index (χ2v) is 8.81. The van der Waals surface area contributed by atoms with Gasteiger partial charge in [0.2, 0.25) is 0 Å². The Kier molecular flexibility index (Phi) is 7.33. The molecule has 1 aromatic carbocycles. The highest BCUT2D eigenvalue weighted by molar-refractivity contribution is 5.88. The second kappa shape index (κ2) is 10.4. The van der Waals surface area contributed by atoms with Crippen LogP contribution in [0.2, 0.25) is 0 Å². The normalized spacial score (nSPS) is 22.2. The minimum absolute atomic E-state index is 0.590. The summed E-state index contributed by atoms with van der Waals surface area (Å²) in [5.41, 5.74) is 8.25. The van der Waals surface area contributed by atoms with Crippen molar-refractivity contribution in [3.8, 4) is 0 Å². The molecule has 0 atom stereocenters. The highest BCUT2D eigenvalue weighted by atomic mass is 16.5. The largest absolute Gasteiger partial charge is 0.383 e. The fourth-order valence-electron chi connectivity index (χ4n) is 5.17. The molecule has 1 saturated heterocycles. The first-order valence-electron chi connectivity index (χ1n) is 11.6. The predicted octanol–water partition coefficient (Wildman–Crippen LogP) is 4.91. The fraction of sp³-hybridized carbons (Fsp3) is 0.667. The summed E-state index contributed by atoms with van der Waals surface area (Å²) in [6.45, 7) is 4.25. The molecule has 2 heterocycles. The first-order chi connectivity index (χ1) is 14.3. The molecule has 5 nitrogen and oxygen atoms in total. The van der Waals surface area contributed by atoms with Gasteiger partial charge < -0.3 is 10.5 Å². The summed E-state index contributed by atoms with van der Waals surface area (Å²) in [7, 11) is 0. The Hall–Kier alpha value is -1.72. The number of nitrogens with zero attached hydrogens (tertiary/aromatic N) is 3. The monoisotopic (exact) mass is 396 g/mol. The Labute approximate surface area is 175 Å². The summed E-state index contributed by atoms with van der Waals surface area (Å²) < 4.78 is 5.35. The maximum absolute atomic E-state index is 5.90. The Morgan fingerprint density at radius 2 is 1.55 bits per heavy atom. The van der Waals surface area contributed by atoms with E-state index in [1.165, 1.54) is 89.2 Å². The molecule has 0 amide bonds. The van der Waals surface area contributed by atoms with Gasteiger partial charge in [0.1, 0.15) is 12.1 Å². The highest BCUT2D eigenvalue weighted by Gasteiger charge is 2.22. The number of hydrogen-bond acceptors (Lipinski definition) is 5. The minimum atomic E-state index is 0.590. The SMILES string of the molecule is C1CCC(N2CCOCC2)CC1.Nc1ncnc2ccc(C3CCCCC3)cc12. The first-order valence-corrected chi connectivity index (χ1v) is 11.6. The zero-order valence-corrected chi connectivity index (χ0v) is 17.7. The van der Waals surface area contributed by atoms with Gasteiger partial charge in [-0.25, -0.2) is 9.97 Å². The van der Waals surface area contributed by atoms with E-state index in [0.717, 1.165) is 30.2 Å². The molecule has 1 aliphatic heterocycles. The van der Waals surface area contributed by atoms with Gasteiger partial charge in [-0.3, -0.25) is 4.90 Å². The molecular weight excluding hydrogens is 360 g/mol. The molecule has 0 unspecified atom stereocenters. The van der Waals surface area contributed by atoms with Crippen LogP contribution in [0.15, 0.2) is 24.5 Å². The minimum Gasteiger partial charge on any atom is -0.383 e. The van der Waals surface area contributed by atoms with Gasteiger partial charge in [0, 0.05) is 24.5 Å². The topological polar surface area (TPSA) is 64.3 Å². The number of morpholine rings is 1. The van der Waals surface area contributed by atoms with Crippen LogP contribution >= 0.6 is 0 Å². The summed E-state index contributed by atoms with van der Waals surface area (Å²) in [6, 6.07) is 7.34. The van der Waals surface area contributed by atoms with Crippen molar-refractivity contribution in [3.63, 3.8) is 0 Å². The number of aromatic nitrogens is 2. The van der Waals surface area contributed by atoms with Crippen molar-refractivity contribution in [2.24, 2.45) is 0 Å². The Morgan fingerprint density at radius 1 is 0.862 bits per heavy atom. The van der Waals surface area contributed by atoms with Gasteiger partial charge in [0.25, 0.3) is 0 Å². The average Bonchev–Trinajstić information content (AvgIpc) is 2.81. The van der Waals surface area contributed by atoms with Crippen LogP contribution in [0.1, 0.15) is 75.7 Å². The van der Waals surface area contributed by atoms with Crippen LogP contribution in [-0.2, 0) is 4.74 Å². The van der Waals surface area contributed by atoms with E-state index in [1.54, 1.807) is 0 Å². The standard InChI is InChI=1S/C14H17N3.C10H19NO/c15-14-12-8-11(10-4-2-1-3-5-10)6-7-13(12)16-9-17-14;1-2-4-10(5-3-1)11-6-8-12-9-7-11/h6-10H,1-5H2,(H2,15,16,17);10H,1-9H2. The van der Waals surface area contributed by atoms with E-state index in [0.29, 0.717) is 11.7 Å². The third kappa shape index (κ3) is 5.46. The van der Waals surface area contributed by atoms with E-state index in [2.05, 4.69) is 33.1 Å². The van der Waals surface area contributed by atoms with Crippen LogP contribution in [0.5, 0.6) is 0 Å². The van der Waals surface area contributed by atoms with Gasteiger partial charge in [-0.1, -0.05) is 44.6 Å². The molecule has 2 aliphatic carbocycles. The number of anilines is 1. The molecule has 0 spiro atoms. The van der Waals surface area contributed by atoms with Gasteiger partial charge in [0.05, 0.1) is 18.7 Å². The van der Waals surface area contributed by atoms with E-state index < -0.39 is 0 Å². The van der Waals surface area contributed by atoms with Gasteiger partial charge >= 0.3 is 0 Å². The van der Waals surface area contributed by atoms with Crippen LogP contribution in [-0.4, -0.2) is 47.2 Å². The number of fused-ring (bicyclic) bond motifs is 1. The number of hydrogen-bond donors (Lipinski definition) is 1.